The highest BCUT2D eigenvalue weighted by molar-refractivity contribution is 7.99. The molecule has 1 saturated heterocycles. The van der Waals surface area contributed by atoms with Gasteiger partial charge >= 0.3 is 0 Å². The molecule has 5 rings (SSSR count). The topological polar surface area (TPSA) is 87.5 Å². The maximum Gasteiger partial charge on any atom is 0.231 e. The van der Waals surface area contributed by atoms with Crippen molar-refractivity contribution in [3.05, 3.63) is 18.2 Å². The minimum atomic E-state index is 0.0678. The molecule has 0 bridgehead atoms. The highest BCUT2D eigenvalue weighted by Crippen LogP contribution is 2.36. The van der Waals surface area contributed by atoms with Gasteiger partial charge in [-0.15, -0.1) is 10.2 Å². The molecule has 0 spiro atoms. The van der Waals surface area contributed by atoms with E-state index in [9.17, 15) is 4.79 Å². The van der Waals surface area contributed by atoms with E-state index in [0.29, 0.717) is 24.1 Å². The van der Waals surface area contributed by atoms with E-state index in [2.05, 4.69) is 20.1 Å². The molecule has 32 heavy (non-hydrogen) atoms. The van der Waals surface area contributed by atoms with Crippen molar-refractivity contribution in [2.75, 3.05) is 19.2 Å². The summed E-state index contributed by atoms with van der Waals surface area (Å²) in [6.07, 6.45) is 9.34. The zero-order chi connectivity index (χ0) is 21.8. The number of aromatic nitrogens is 3. The van der Waals surface area contributed by atoms with Crippen LogP contribution in [0.25, 0.3) is 11.4 Å². The van der Waals surface area contributed by atoms with E-state index < -0.39 is 0 Å². The normalized spacial score (nSPS) is 20.9. The Morgan fingerprint density at radius 2 is 1.91 bits per heavy atom. The third-order valence-electron chi connectivity index (χ3n) is 6.31. The van der Waals surface area contributed by atoms with Gasteiger partial charge in [-0.1, -0.05) is 37.4 Å². The largest absolute Gasteiger partial charge is 0.454 e. The van der Waals surface area contributed by atoms with Gasteiger partial charge in [-0.25, -0.2) is 0 Å². The first-order chi connectivity index (χ1) is 15.8. The van der Waals surface area contributed by atoms with Crippen LogP contribution < -0.4 is 14.8 Å². The maximum absolute atomic E-state index is 12.6. The van der Waals surface area contributed by atoms with Gasteiger partial charge in [-0.2, -0.15) is 0 Å². The van der Waals surface area contributed by atoms with Crippen LogP contribution in [0.5, 0.6) is 11.5 Å². The Morgan fingerprint density at radius 3 is 2.72 bits per heavy atom. The average molecular weight is 459 g/mol. The Hall–Kier alpha value is -2.26. The van der Waals surface area contributed by atoms with E-state index in [-0.39, 0.29) is 18.8 Å². The Labute approximate surface area is 192 Å². The van der Waals surface area contributed by atoms with Crippen molar-refractivity contribution in [1.29, 1.82) is 0 Å². The molecule has 1 atom stereocenters. The fourth-order valence-electron chi connectivity index (χ4n) is 4.62. The Balaban J connectivity index is 1.30. The van der Waals surface area contributed by atoms with Crippen LogP contribution in [0.3, 0.4) is 0 Å². The zero-order valence-corrected chi connectivity index (χ0v) is 19.1. The molecule has 2 aromatic rings. The lowest BCUT2D eigenvalue weighted by molar-refractivity contribution is -0.119. The van der Waals surface area contributed by atoms with Crippen LogP contribution in [0.4, 0.5) is 0 Å². The van der Waals surface area contributed by atoms with Crippen molar-refractivity contribution < 1.29 is 19.0 Å². The summed E-state index contributed by atoms with van der Waals surface area (Å²) in [6, 6.07) is 6.11. The van der Waals surface area contributed by atoms with Crippen LogP contribution in [0.15, 0.2) is 23.4 Å². The lowest BCUT2D eigenvalue weighted by Gasteiger charge is -2.17. The van der Waals surface area contributed by atoms with Gasteiger partial charge in [-0.05, 0) is 43.9 Å². The fraction of sp³-hybridized carbons (Fsp3) is 0.609. The Kier molecular flexibility index (Phi) is 6.83. The number of hydrogen-bond acceptors (Lipinski definition) is 7. The summed E-state index contributed by atoms with van der Waals surface area (Å²) in [6.45, 7) is 1.69. The van der Waals surface area contributed by atoms with Crippen molar-refractivity contribution in [3.8, 4) is 22.9 Å². The molecule has 1 aromatic carbocycles. The molecule has 172 valence electrons. The first kappa shape index (κ1) is 21.6. The van der Waals surface area contributed by atoms with Crippen LogP contribution in [-0.4, -0.2) is 52.0 Å². The number of carbonyl (C=O) groups is 1. The summed E-state index contributed by atoms with van der Waals surface area (Å²) in [5.74, 6) is 2.61. The first-order valence-electron chi connectivity index (χ1n) is 11.6. The Morgan fingerprint density at radius 1 is 1.06 bits per heavy atom. The smallest absolute Gasteiger partial charge is 0.231 e. The van der Waals surface area contributed by atoms with Crippen molar-refractivity contribution in [1.82, 2.24) is 20.1 Å². The van der Waals surface area contributed by atoms with Gasteiger partial charge in [0.1, 0.15) is 0 Å². The Bertz CT molecular complexity index is 936. The summed E-state index contributed by atoms with van der Waals surface area (Å²) in [7, 11) is 0. The lowest BCUT2D eigenvalue weighted by atomic mass is 10.1. The molecule has 1 N–H and O–H groups in total. The number of benzene rings is 1. The summed E-state index contributed by atoms with van der Waals surface area (Å²) >= 11 is 1.44. The highest BCUT2D eigenvalue weighted by atomic mass is 32.2. The van der Waals surface area contributed by atoms with Gasteiger partial charge < -0.3 is 19.5 Å². The quantitative estimate of drug-likeness (QED) is 0.499. The number of carbonyl (C=O) groups excluding carboxylic acids is 1. The van der Waals surface area contributed by atoms with E-state index in [1.54, 1.807) is 0 Å². The summed E-state index contributed by atoms with van der Waals surface area (Å²) in [5.41, 5.74) is 0.912. The second-order valence-corrected chi connectivity index (χ2v) is 9.61. The number of rotatable bonds is 7. The predicted octanol–water partition coefficient (Wildman–Crippen LogP) is 3.78. The molecular formula is C23H30N4O4S. The van der Waals surface area contributed by atoms with E-state index in [1.807, 2.05) is 18.2 Å². The van der Waals surface area contributed by atoms with Crippen LogP contribution in [0, 0.1) is 0 Å². The zero-order valence-electron chi connectivity index (χ0n) is 18.3. The molecule has 1 unspecified atom stereocenters. The van der Waals surface area contributed by atoms with Crippen molar-refractivity contribution >= 4 is 17.7 Å². The molecule has 1 amide bonds. The molecule has 1 aliphatic carbocycles. The number of amides is 1. The highest BCUT2D eigenvalue weighted by Gasteiger charge is 2.24. The van der Waals surface area contributed by atoms with Gasteiger partial charge in [0.05, 0.1) is 18.4 Å². The molecule has 8 nitrogen and oxygen atoms in total. The maximum atomic E-state index is 12.6. The standard InChI is InChI=1S/C23H30N4O4S/c28-21(24-17-6-3-1-2-4-7-17)14-32-23-26-25-22(27(23)13-18-8-5-11-29-18)16-9-10-19-20(12-16)31-15-30-19/h9-10,12,17-18H,1-8,11,13-15H2,(H,24,28). The number of thioether (sulfide) groups is 1. The molecule has 1 aromatic heterocycles. The molecular weight excluding hydrogens is 428 g/mol. The van der Waals surface area contributed by atoms with Crippen molar-refractivity contribution in [2.45, 2.75) is 75.2 Å². The molecule has 0 radical (unpaired) electrons. The summed E-state index contributed by atoms with van der Waals surface area (Å²) < 4.78 is 18.9. The summed E-state index contributed by atoms with van der Waals surface area (Å²) in [5, 5.41) is 12.9. The van der Waals surface area contributed by atoms with Gasteiger partial charge in [-0.3, -0.25) is 9.36 Å². The molecule has 2 aliphatic heterocycles. The number of nitrogens with zero attached hydrogens (tertiary/aromatic N) is 3. The molecule has 3 aliphatic rings. The lowest BCUT2D eigenvalue weighted by Crippen LogP contribution is -2.35. The van der Waals surface area contributed by atoms with Crippen molar-refractivity contribution in [2.24, 2.45) is 0 Å². The number of nitrogens with one attached hydrogen (secondary N) is 1. The van der Waals surface area contributed by atoms with E-state index >= 15 is 0 Å². The van der Waals surface area contributed by atoms with Crippen molar-refractivity contribution in [3.63, 3.8) is 0 Å². The predicted molar refractivity (Wildman–Crippen MR) is 121 cm³/mol. The van der Waals surface area contributed by atoms with Gasteiger partial charge in [0.2, 0.25) is 12.7 Å². The average Bonchev–Trinajstić information content (AvgIpc) is 3.52. The van der Waals surface area contributed by atoms with Crippen LogP contribution in [0.1, 0.15) is 51.4 Å². The van der Waals surface area contributed by atoms with Crippen LogP contribution >= 0.6 is 11.8 Å². The fourth-order valence-corrected chi connectivity index (χ4v) is 5.38. The van der Waals surface area contributed by atoms with Gasteiger partial charge in [0.15, 0.2) is 22.5 Å². The van der Waals surface area contributed by atoms with E-state index in [1.165, 1.54) is 37.4 Å². The van der Waals surface area contributed by atoms with Gasteiger partial charge in [0.25, 0.3) is 0 Å². The third-order valence-corrected chi connectivity index (χ3v) is 7.28. The monoisotopic (exact) mass is 458 g/mol. The van der Waals surface area contributed by atoms with E-state index in [4.69, 9.17) is 14.2 Å². The van der Waals surface area contributed by atoms with Crippen LogP contribution in [0.2, 0.25) is 0 Å². The molecule has 2 fully saturated rings. The summed E-state index contributed by atoms with van der Waals surface area (Å²) in [4.78, 5) is 12.6. The second kappa shape index (κ2) is 10.1. The van der Waals surface area contributed by atoms with Crippen LogP contribution in [-0.2, 0) is 16.1 Å². The number of ether oxygens (including phenoxy) is 3. The molecule has 9 heteroatoms. The number of fused-ring (bicyclic) bond motifs is 1. The first-order valence-corrected chi connectivity index (χ1v) is 12.6. The van der Waals surface area contributed by atoms with Gasteiger partial charge in [0, 0.05) is 18.2 Å². The minimum absolute atomic E-state index is 0.0678. The SMILES string of the molecule is O=C(CSc1nnc(-c2ccc3c(c2)OCO3)n1CC1CCCO1)NC1CCCCCC1. The number of hydrogen-bond donors (Lipinski definition) is 1. The third kappa shape index (κ3) is 5.04. The van der Waals surface area contributed by atoms with E-state index in [0.717, 1.165) is 54.6 Å². The molecule has 3 heterocycles. The minimum Gasteiger partial charge on any atom is -0.454 e. The molecule has 1 saturated carbocycles. The second-order valence-electron chi connectivity index (χ2n) is 8.66.